The zero-order valence-corrected chi connectivity index (χ0v) is 15.2. The van der Waals surface area contributed by atoms with E-state index in [2.05, 4.69) is 46.7 Å². The van der Waals surface area contributed by atoms with Crippen LogP contribution in [0.5, 0.6) is 0 Å². The number of imidazole rings is 1. The summed E-state index contributed by atoms with van der Waals surface area (Å²) in [4.78, 5) is 6.61. The molecule has 0 amide bonds. The van der Waals surface area contributed by atoms with Gasteiger partial charge in [-0.1, -0.05) is 0 Å². The predicted octanol–water partition coefficient (Wildman–Crippen LogP) is 2.35. The van der Waals surface area contributed by atoms with Crippen molar-refractivity contribution in [1.82, 2.24) is 19.8 Å². The third kappa shape index (κ3) is 3.41. The molecule has 2 aromatic rings. The van der Waals surface area contributed by atoms with E-state index < -0.39 is 0 Å². The monoisotopic (exact) mass is 332 g/mol. The minimum absolute atomic E-state index is 0.0822. The van der Waals surface area contributed by atoms with Gasteiger partial charge < -0.3 is 19.0 Å². The topological polar surface area (TPSA) is 55.5 Å². The zero-order chi connectivity index (χ0) is 17.3. The molecule has 1 N–H and O–H groups in total. The Morgan fingerprint density at radius 1 is 1.38 bits per heavy atom. The summed E-state index contributed by atoms with van der Waals surface area (Å²) in [6.07, 6.45) is 3.86. The maximum atomic E-state index is 6.08. The van der Waals surface area contributed by atoms with Crippen molar-refractivity contribution in [2.75, 3.05) is 26.7 Å². The largest absolute Gasteiger partial charge is 0.464 e. The van der Waals surface area contributed by atoms with Crippen LogP contribution in [-0.2, 0) is 11.8 Å². The Kier molecular flexibility index (Phi) is 5.08. The number of aryl methyl sites for hydroxylation is 3. The highest BCUT2D eigenvalue weighted by Crippen LogP contribution is 2.28. The lowest BCUT2D eigenvalue weighted by Gasteiger charge is -2.39. The Labute approximate surface area is 143 Å². The minimum atomic E-state index is 0.0822. The lowest BCUT2D eigenvalue weighted by atomic mass is 10.0. The molecule has 1 saturated heterocycles. The van der Waals surface area contributed by atoms with Crippen LogP contribution in [0.3, 0.4) is 0 Å². The first kappa shape index (κ1) is 17.2. The van der Waals surface area contributed by atoms with Gasteiger partial charge in [-0.05, 0) is 39.4 Å². The van der Waals surface area contributed by atoms with Gasteiger partial charge in [-0.3, -0.25) is 4.90 Å². The number of furan rings is 1. The maximum Gasteiger partial charge on any atom is 0.121 e. The molecule has 1 fully saturated rings. The van der Waals surface area contributed by atoms with E-state index in [0.29, 0.717) is 0 Å². The first-order valence-electron chi connectivity index (χ1n) is 8.55. The number of likely N-dealkylation sites (N-methyl/N-ethyl adjacent to an activating group) is 1. The van der Waals surface area contributed by atoms with E-state index in [4.69, 9.17) is 9.15 Å². The SMILES string of the molecule is Cc1cc(C(C)NC[C@@H]2OCCN(C)[C@H]2c2cncn2C)oc1C. The predicted molar refractivity (Wildman–Crippen MR) is 92.9 cm³/mol. The smallest absolute Gasteiger partial charge is 0.121 e. The lowest BCUT2D eigenvalue weighted by Crippen LogP contribution is -2.48. The molecule has 6 nitrogen and oxygen atoms in total. The van der Waals surface area contributed by atoms with Crippen LogP contribution < -0.4 is 5.32 Å². The fourth-order valence-electron chi connectivity index (χ4n) is 3.31. The molecule has 24 heavy (non-hydrogen) atoms. The van der Waals surface area contributed by atoms with Crippen LogP contribution in [-0.4, -0.2) is 47.3 Å². The molecular weight excluding hydrogens is 304 g/mol. The average molecular weight is 332 g/mol. The van der Waals surface area contributed by atoms with Gasteiger partial charge in [0.05, 0.1) is 36.8 Å². The molecular formula is C18H28N4O2. The van der Waals surface area contributed by atoms with Crippen LogP contribution >= 0.6 is 0 Å². The minimum Gasteiger partial charge on any atom is -0.464 e. The molecule has 3 heterocycles. The van der Waals surface area contributed by atoms with Gasteiger partial charge >= 0.3 is 0 Å². The van der Waals surface area contributed by atoms with Crippen LogP contribution in [0.1, 0.15) is 41.8 Å². The molecule has 3 rings (SSSR count). The second-order valence-corrected chi connectivity index (χ2v) is 6.78. The molecule has 1 unspecified atom stereocenters. The first-order valence-corrected chi connectivity index (χ1v) is 8.55. The van der Waals surface area contributed by atoms with Crippen molar-refractivity contribution in [3.8, 4) is 0 Å². The summed E-state index contributed by atoms with van der Waals surface area (Å²) in [5, 5.41) is 3.57. The van der Waals surface area contributed by atoms with Crippen molar-refractivity contribution >= 4 is 0 Å². The van der Waals surface area contributed by atoms with Crippen LogP contribution in [0.2, 0.25) is 0 Å². The number of rotatable bonds is 5. The first-order chi connectivity index (χ1) is 11.5. The Morgan fingerprint density at radius 3 is 2.79 bits per heavy atom. The number of nitrogens with one attached hydrogen (secondary N) is 1. The molecule has 0 aromatic carbocycles. The third-order valence-corrected chi connectivity index (χ3v) is 5.00. The molecule has 0 saturated carbocycles. The van der Waals surface area contributed by atoms with E-state index in [-0.39, 0.29) is 18.2 Å². The molecule has 1 aliphatic rings. The number of nitrogens with zero attached hydrogens (tertiary/aromatic N) is 3. The number of aromatic nitrogens is 2. The van der Waals surface area contributed by atoms with E-state index in [1.54, 1.807) is 0 Å². The highest BCUT2D eigenvalue weighted by Gasteiger charge is 2.33. The highest BCUT2D eigenvalue weighted by molar-refractivity contribution is 5.20. The van der Waals surface area contributed by atoms with E-state index in [0.717, 1.165) is 31.2 Å². The summed E-state index contributed by atoms with van der Waals surface area (Å²) < 4.78 is 14.0. The van der Waals surface area contributed by atoms with E-state index in [9.17, 15) is 0 Å². The second-order valence-electron chi connectivity index (χ2n) is 6.78. The standard InChI is InChI=1S/C18H28N4O2/c1-12-8-16(24-14(12)3)13(2)20-10-17-18(21(4)6-7-23-17)15-9-19-11-22(15)5/h8-9,11,13,17-18,20H,6-7,10H2,1-5H3/t13?,17-,18-/m0/s1. The molecule has 0 bridgehead atoms. The van der Waals surface area contributed by atoms with Gasteiger partial charge in [-0.15, -0.1) is 0 Å². The van der Waals surface area contributed by atoms with Crippen molar-refractivity contribution < 1.29 is 9.15 Å². The van der Waals surface area contributed by atoms with Crippen molar-refractivity contribution in [2.45, 2.75) is 39.0 Å². The Bertz CT molecular complexity index is 659. The summed E-state index contributed by atoms with van der Waals surface area (Å²) in [7, 11) is 4.18. The van der Waals surface area contributed by atoms with Crippen LogP contribution in [0.25, 0.3) is 0 Å². The van der Waals surface area contributed by atoms with Gasteiger partial charge in [0.25, 0.3) is 0 Å². The molecule has 6 heteroatoms. The summed E-state index contributed by atoms with van der Waals surface area (Å²) in [6, 6.07) is 2.46. The van der Waals surface area contributed by atoms with E-state index >= 15 is 0 Å². The molecule has 2 aromatic heterocycles. The van der Waals surface area contributed by atoms with E-state index in [1.807, 2.05) is 26.5 Å². The molecule has 0 spiro atoms. The molecule has 0 aliphatic carbocycles. The lowest BCUT2D eigenvalue weighted by molar-refractivity contribution is -0.0645. The Hall–Kier alpha value is -1.63. The highest BCUT2D eigenvalue weighted by atomic mass is 16.5. The summed E-state index contributed by atoms with van der Waals surface area (Å²) >= 11 is 0. The molecule has 1 aliphatic heterocycles. The van der Waals surface area contributed by atoms with E-state index in [1.165, 1.54) is 11.3 Å². The molecule has 132 valence electrons. The quantitative estimate of drug-likeness (QED) is 0.911. The number of hydrogen-bond donors (Lipinski definition) is 1. The van der Waals surface area contributed by atoms with Crippen molar-refractivity contribution in [3.05, 3.63) is 41.4 Å². The van der Waals surface area contributed by atoms with Crippen LogP contribution in [0.15, 0.2) is 23.0 Å². The summed E-state index contributed by atoms with van der Waals surface area (Å²) in [5.41, 5.74) is 2.38. The Morgan fingerprint density at radius 2 is 2.17 bits per heavy atom. The number of morpholine rings is 1. The van der Waals surface area contributed by atoms with Gasteiger partial charge in [0.15, 0.2) is 0 Å². The van der Waals surface area contributed by atoms with Gasteiger partial charge in [0, 0.05) is 26.3 Å². The second kappa shape index (κ2) is 7.09. The van der Waals surface area contributed by atoms with Crippen LogP contribution in [0.4, 0.5) is 0 Å². The van der Waals surface area contributed by atoms with Crippen LogP contribution in [0, 0.1) is 13.8 Å². The normalized spacial score (nSPS) is 23.5. The number of hydrogen-bond acceptors (Lipinski definition) is 5. The summed E-state index contributed by atoms with van der Waals surface area (Å²) in [6.45, 7) is 8.66. The van der Waals surface area contributed by atoms with Gasteiger partial charge in [-0.25, -0.2) is 4.98 Å². The molecule has 3 atom stereocenters. The van der Waals surface area contributed by atoms with Gasteiger partial charge in [-0.2, -0.15) is 0 Å². The van der Waals surface area contributed by atoms with Crippen molar-refractivity contribution in [2.24, 2.45) is 7.05 Å². The van der Waals surface area contributed by atoms with Crippen molar-refractivity contribution in [1.29, 1.82) is 0 Å². The van der Waals surface area contributed by atoms with Gasteiger partial charge in [0.2, 0.25) is 0 Å². The fourth-order valence-corrected chi connectivity index (χ4v) is 3.31. The molecule has 0 radical (unpaired) electrons. The van der Waals surface area contributed by atoms with Gasteiger partial charge in [0.1, 0.15) is 11.5 Å². The summed E-state index contributed by atoms with van der Waals surface area (Å²) in [5.74, 6) is 1.96. The van der Waals surface area contributed by atoms with Crippen molar-refractivity contribution in [3.63, 3.8) is 0 Å². The fraction of sp³-hybridized carbons (Fsp3) is 0.611. The maximum absolute atomic E-state index is 6.08. The third-order valence-electron chi connectivity index (χ3n) is 5.00. The number of ether oxygens (including phenoxy) is 1. The average Bonchev–Trinajstić information content (AvgIpc) is 3.11. The zero-order valence-electron chi connectivity index (χ0n) is 15.2. The Balaban J connectivity index is 1.69.